The first-order valence-electron chi connectivity index (χ1n) is 5.31. The van der Waals surface area contributed by atoms with Gasteiger partial charge in [0.05, 0.1) is 0 Å². The average molecular weight is 273 g/mol. The molecule has 0 unspecified atom stereocenters. The topological polar surface area (TPSA) is 0 Å². The van der Waals surface area contributed by atoms with Crippen LogP contribution in [0.4, 0.5) is 0 Å². The molecule has 1 aromatic rings. The number of fused-ring (bicyclic) bond motifs is 1. The minimum atomic E-state index is 0.307. The molecular weight excluding hydrogens is 256 g/mol. The highest BCUT2D eigenvalue weighted by molar-refractivity contribution is 9.09. The van der Waals surface area contributed by atoms with Crippen molar-refractivity contribution >= 4 is 27.3 Å². The van der Waals surface area contributed by atoms with Crippen LogP contribution >= 0.6 is 27.3 Å². The summed E-state index contributed by atoms with van der Waals surface area (Å²) in [6.45, 7) is 4.66. The van der Waals surface area contributed by atoms with E-state index < -0.39 is 0 Å². The molecule has 2 heteroatoms. The summed E-state index contributed by atoms with van der Waals surface area (Å²) in [4.78, 5) is 1.65. The molecule has 0 saturated heterocycles. The molecule has 1 aromatic heterocycles. The monoisotopic (exact) mass is 272 g/mol. The van der Waals surface area contributed by atoms with E-state index in [0.29, 0.717) is 5.41 Å². The van der Waals surface area contributed by atoms with Gasteiger partial charge in [-0.2, -0.15) is 0 Å². The fraction of sp³-hybridized carbons (Fsp3) is 0.667. The molecule has 1 aliphatic carbocycles. The molecule has 1 aliphatic rings. The maximum absolute atomic E-state index is 3.62. The molecule has 0 fully saturated rings. The van der Waals surface area contributed by atoms with E-state index in [1.807, 2.05) is 11.3 Å². The largest absolute Gasteiger partial charge is 0.148 e. The van der Waals surface area contributed by atoms with Crippen LogP contribution in [-0.2, 0) is 18.3 Å². The Morgan fingerprint density at radius 1 is 1.36 bits per heavy atom. The van der Waals surface area contributed by atoms with Crippen LogP contribution in [0.15, 0.2) is 5.38 Å². The van der Waals surface area contributed by atoms with Crippen LogP contribution < -0.4 is 0 Å². The zero-order valence-corrected chi connectivity index (χ0v) is 11.3. The maximum Gasteiger partial charge on any atom is 0.0124 e. The summed E-state index contributed by atoms with van der Waals surface area (Å²) < 4.78 is 0. The van der Waals surface area contributed by atoms with Crippen LogP contribution in [0.1, 0.15) is 42.7 Å². The zero-order chi connectivity index (χ0) is 10.2. The molecule has 14 heavy (non-hydrogen) atoms. The Bertz CT molecular complexity index is 325. The first-order valence-corrected chi connectivity index (χ1v) is 7.31. The van der Waals surface area contributed by atoms with Crippen molar-refractivity contribution in [3.63, 3.8) is 0 Å². The van der Waals surface area contributed by atoms with Gasteiger partial charge < -0.3 is 0 Å². The lowest BCUT2D eigenvalue weighted by Gasteiger charge is -2.24. The van der Waals surface area contributed by atoms with Crippen molar-refractivity contribution < 1.29 is 0 Å². The van der Waals surface area contributed by atoms with Gasteiger partial charge in [0, 0.05) is 15.6 Å². The predicted molar refractivity (Wildman–Crippen MR) is 67.8 cm³/mol. The zero-order valence-electron chi connectivity index (χ0n) is 8.90. The van der Waals surface area contributed by atoms with Gasteiger partial charge in [0.1, 0.15) is 0 Å². The molecule has 0 saturated carbocycles. The summed E-state index contributed by atoms with van der Waals surface area (Å²) in [6.07, 6.45) is 5.40. The van der Waals surface area contributed by atoms with Gasteiger partial charge in [-0.05, 0) is 42.2 Å². The summed E-state index contributed by atoms with van der Waals surface area (Å²) >= 11 is 5.60. The highest BCUT2D eigenvalue weighted by Gasteiger charge is 2.26. The van der Waals surface area contributed by atoms with Crippen LogP contribution in [0, 0.1) is 0 Å². The molecule has 0 aliphatic heterocycles. The van der Waals surface area contributed by atoms with Crippen molar-refractivity contribution in [3.05, 3.63) is 21.4 Å². The standard InChI is InChI=1S/C12H17BrS/c1-12(2,8-13)10-7-14-11-6-4-3-5-9(10)11/h7H,3-6,8H2,1-2H3. The van der Waals surface area contributed by atoms with Gasteiger partial charge in [0.25, 0.3) is 0 Å². The number of hydrogen-bond donors (Lipinski definition) is 0. The van der Waals surface area contributed by atoms with Crippen LogP contribution in [0.25, 0.3) is 0 Å². The van der Waals surface area contributed by atoms with Crippen LogP contribution in [0.2, 0.25) is 0 Å². The molecule has 0 bridgehead atoms. The van der Waals surface area contributed by atoms with E-state index in [1.54, 1.807) is 16.0 Å². The van der Waals surface area contributed by atoms with Crippen molar-refractivity contribution in [2.24, 2.45) is 0 Å². The third-order valence-corrected chi connectivity index (χ3v) is 5.61. The lowest BCUT2D eigenvalue weighted by atomic mass is 9.82. The van der Waals surface area contributed by atoms with Crippen LogP contribution in [0.3, 0.4) is 0 Å². The van der Waals surface area contributed by atoms with E-state index >= 15 is 0 Å². The molecule has 0 N–H and O–H groups in total. The number of alkyl halides is 1. The third-order valence-electron chi connectivity index (χ3n) is 3.12. The van der Waals surface area contributed by atoms with Gasteiger partial charge >= 0.3 is 0 Å². The van der Waals surface area contributed by atoms with E-state index in [0.717, 1.165) is 5.33 Å². The summed E-state index contributed by atoms with van der Waals surface area (Å²) in [5.41, 5.74) is 3.57. The Kier molecular flexibility index (Phi) is 3.03. The van der Waals surface area contributed by atoms with Crippen LogP contribution in [-0.4, -0.2) is 5.33 Å². The average Bonchev–Trinajstić information content (AvgIpc) is 2.61. The first-order chi connectivity index (χ1) is 6.65. The Labute approximate surface area is 98.9 Å². The first kappa shape index (κ1) is 10.7. The molecule has 0 nitrogen and oxygen atoms in total. The van der Waals surface area contributed by atoms with Crippen molar-refractivity contribution in [1.29, 1.82) is 0 Å². The number of halogens is 1. The minimum absolute atomic E-state index is 0.307. The smallest absolute Gasteiger partial charge is 0.0124 e. The van der Waals surface area contributed by atoms with Gasteiger partial charge in [0.2, 0.25) is 0 Å². The molecule has 0 radical (unpaired) electrons. The second kappa shape index (κ2) is 3.97. The van der Waals surface area contributed by atoms with E-state index in [2.05, 4.69) is 35.2 Å². The number of rotatable bonds is 2. The number of hydrogen-bond acceptors (Lipinski definition) is 1. The summed E-state index contributed by atoms with van der Waals surface area (Å²) in [5.74, 6) is 0. The summed E-state index contributed by atoms with van der Waals surface area (Å²) in [7, 11) is 0. The highest BCUT2D eigenvalue weighted by atomic mass is 79.9. The molecular formula is C12H17BrS. The third kappa shape index (κ3) is 1.79. The molecule has 1 heterocycles. The Morgan fingerprint density at radius 3 is 2.79 bits per heavy atom. The van der Waals surface area contributed by atoms with Gasteiger partial charge in [-0.3, -0.25) is 0 Å². The lowest BCUT2D eigenvalue weighted by molar-refractivity contribution is 0.588. The summed E-state index contributed by atoms with van der Waals surface area (Å²) in [6, 6.07) is 0. The molecule has 0 spiro atoms. The molecule has 2 rings (SSSR count). The molecule has 78 valence electrons. The van der Waals surface area contributed by atoms with Crippen LogP contribution in [0.5, 0.6) is 0 Å². The normalized spacial score (nSPS) is 16.8. The fourth-order valence-electron chi connectivity index (χ4n) is 2.13. The Morgan fingerprint density at radius 2 is 2.07 bits per heavy atom. The highest BCUT2D eigenvalue weighted by Crippen LogP contribution is 2.37. The second-order valence-electron chi connectivity index (χ2n) is 4.78. The summed E-state index contributed by atoms with van der Waals surface area (Å²) in [5, 5.41) is 3.44. The molecule has 0 aromatic carbocycles. The van der Waals surface area contributed by atoms with Gasteiger partial charge in [-0.1, -0.05) is 29.8 Å². The van der Waals surface area contributed by atoms with Gasteiger partial charge in [-0.25, -0.2) is 0 Å². The second-order valence-corrected chi connectivity index (χ2v) is 6.30. The Hall–Kier alpha value is 0.180. The van der Waals surface area contributed by atoms with Gasteiger partial charge in [-0.15, -0.1) is 11.3 Å². The SMILES string of the molecule is CC(C)(CBr)c1csc2c1CCCC2. The van der Waals surface area contributed by atoms with E-state index in [1.165, 1.54) is 25.7 Å². The van der Waals surface area contributed by atoms with Crippen molar-refractivity contribution in [2.75, 3.05) is 5.33 Å². The van der Waals surface area contributed by atoms with E-state index in [9.17, 15) is 0 Å². The lowest BCUT2D eigenvalue weighted by Crippen LogP contribution is -2.20. The minimum Gasteiger partial charge on any atom is -0.148 e. The number of aryl methyl sites for hydroxylation is 1. The fourth-order valence-corrected chi connectivity index (χ4v) is 3.77. The number of thiophene rings is 1. The molecule has 0 atom stereocenters. The van der Waals surface area contributed by atoms with E-state index in [4.69, 9.17) is 0 Å². The van der Waals surface area contributed by atoms with Crippen molar-refractivity contribution in [2.45, 2.75) is 44.9 Å². The van der Waals surface area contributed by atoms with E-state index in [-0.39, 0.29) is 0 Å². The van der Waals surface area contributed by atoms with Crippen molar-refractivity contribution in [3.8, 4) is 0 Å². The quantitative estimate of drug-likeness (QED) is 0.705. The Balaban J connectivity index is 2.39. The maximum atomic E-state index is 3.62. The predicted octanol–water partition coefficient (Wildman–Crippen LogP) is 4.30. The van der Waals surface area contributed by atoms with Crippen molar-refractivity contribution in [1.82, 2.24) is 0 Å². The molecule has 0 amide bonds. The van der Waals surface area contributed by atoms with Gasteiger partial charge in [0.15, 0.2) is 0 Å².